The van der Waals surface area contributed by atoms with Crippen molar-refractivity contribution in [3.05, 3.63) is 63.9 Å². The van der Waals surface area contributed by atoms with Crippen LogP contribution in [0.15, 0.2) is 36.4 Å². The number of hydrogen-bond acceptors (Lipinski definition) is 2. The van der Waals surface area contributed by atoms with Crippen molar-refractivity contribution in [1.82, 2.24) is 4.90 Å². The van der Waals surface area contributed by atoms with Crippen LogP contribution in [0.1, 0.15) is 48.0 Å². The maximum Gasteiger partial charge on any atom is 0.223 e. The SMILES string of the molecule is O=C1CCCN1C1CC(c2ccc(Cl)cc2F)N2CCc3cccc1c32. The average Bonchev–Trinajstić information content (AvgIpc) is 3.24. The highest BCUT2D eigenvalue weighted by Crippen LogP contribution is 2.51. The molecule has 0 saturated carbocycles. The van der Waals surface area contributed by atoms with E-state index in [1.165, 1.54) is 22.9 Å². The molecule has 3 nitrogen and oxygen atoms in total. The second-order valence-electron chi connectivity index (χ2n) is 7.42. The third kappa shape index (κ3) is 2.35. The first-order valence-corrected chi connectivity index (χ1v) is 9.64. The van der Waals surface area contributed by atoms with Crippen molar-refractivity contribution >= 4 is 23.2 Å². The van der Waals surface area contributed by atoms with Crippen LogP contribution in [0.5, 0.6) is 0 Å². The van der Waals surface area contributed by atoms with Crippen molar-refractivity contribution < 1.29 is 9.18 Å². The van der Waals surface area contributed by atoms with Gasteiger partial charge in [-0.25, -0.2) is 4.39 Å². The summed E-state index contributed by atoms with van der Waals surface area (Å²) in [6, 6.07) is 11.3. The molecule has 1 fully saturated rings. The van der Waals surface area contributed by atoms with Crippen LogP contribution < -0.4 is 4.90 Å². The van der Waals surface area contributed by atoms with Crippen LogP contribution in [0.2, 0.25) is 5.02 Å². The van der Waals surface area contributed by atoms with Gasteiger partial charge in [-0.2, -0.15) is 0 Å². The van der Waals surface area contributed by atoms with Gasteiger partial charge < -0.3 is 9.80 Å². The molecule has 0 N–H and O–H groups in total. The first-order chi connectivity index (χ1) is 12.6. The fourth-order valence-electron chi connectivity index (χ4n) is 4.92. The lowest BCUT2D eigenvalue weighted by Crippen LogP contribution is -2.40. The number of para-hydroxylation sites is 1. The van der Waals surface area contributed by atoms with E-state index in [-0.39, 0.29) is 23.8 Å². The Bertz CT molecular complexity index is 900. The Hall–Kier alpha value is -2.07. The lowest BCUT2D eigenvalue weighted by atomic mass is 9.86. The van der Waals surface area contributed by atoms with Crippen LogP contribution in [0, 0.1) is 5.82 Å². The Kier molecular flexibility index (Phi) is 3.71. The number of benzene rings is 2. The molecule has 0 spiro atoms. The third-order valence-corrected chi connectivity index (χ3v) is 6.28. The molecular weight excluding hydrogens is 351 g/mol. The summed E-state index contributed by atoms with van der Waals surface area (Å²) in [7, 11) is 0. The van der Waals surface area contributed by atoms with Crippen molar-refractivity contribution in [1.29, 1.82) is 0 Å². The normalized spacial score (nSPS) is 24.3. The molecule has 0 radical (unpaired) electrons. The topological polar surface area (TPSA) is 23.6 Å². The summed E-state index contributed by atoms with van der Waals surface area (Å²) < 4.78 is 14.7. The van der Waals surface area contributed by atoms with Gasteiger partial charge in [0.05, 0.1) is 12.1 Å². The fraction of sp³-hybridized carbons (Fsp3) is 0.381. The van der Waals surface area contributed by atoms with E-state index >= 15 is 0 Å². The minimum atomic E-state index is -0.262. The quantitative estimate of drug-likeness (QED) is 0.768. The van der Waals surface area contributed by atoms with Crippen LogP contribution in [0.4, 0.5) is 10.1 Å². The van der Waals surface area contributed by atoms with Crippen molar-refractivity contribution in [2.24, 2.45) is 0 Å². The molecule has 2 aromatic rings. The van der Waals surface area contributed by atoms with Gasteiger partial charge in [-0.05, 0) is 42.5 Å². The molecule has 5 rings (SSSR count). The zero-order chi connectivity index (χ0) is 17.8. The van der Waals surface area contributed by atoms with E-state index in [2.05, 4.69) is 23.1 Å². The second kappa shape index (κ2) is 5.98. The first kappa shape index (κ1) is 16.1. The second-order valence-corrected chi connectivity index (χ2v) is 7.86. The largest absolute Gasteiger partial charge is 0.363 e. The average molecular weight is 371 g/mol. The van der Waals surface area contributed by atoms with Gasteiger partial charge in [-0.3, -0.25) is 4.79 Å². The zero-order valence-corrected chi connectivity index (χ0v) is 15.2. The van der Waals surface area contributed by atoms with E-state index in [1.807, 2.05) is 4.90 Å². The Labute approximate surface area is 157 Å². The van der Waals surface area contributed by atoms with Gasteiger partial charge in [0.15, 0.2) is 0 Å². The Morgan fingerprint density at radius 2 is 1.85 bits per heavy atom. The summed E-state index contributed by atoms with van der Waals surface area (Å²) in [5, 5.41) is 0.413. The number of amides is 1. The van der Waals surface area contributed by atoms with Gasteiger partial charge >= 0.3 is 0 Å². The van der Waals surface area contributed by atoms with Crippen molar-refractivity contribution in [2.75, 3.05) is 18.0 Å². The number of rotatable bonds is 2. The van der Waals surface area contributed by atoms with Crippen LogP contribution >= 0.6 is 11.6 Å². The first-order valence-electron chi connectivity index (χ1n) is 9.26. The van der Waals surface area contributed by atoms with Gasteiger partial charge in [0, 0.05) is 35.8 Å². The van der Waals surface area contributed by atoms with Gasteiger partial charge in [-0.1, -0.05) is 35.9 Å². The maximum atomic E-state index is 14.7. The van der Waals surface area contributed by atoms with Crippen molar-refractivity contribution in [3.63, 3.8) is 0 Å². The summed E-state index contributed by atoms with van der Waals surface area (Å²) in [5.41, 5.74) is 4.41. The number of carbonyl (C=O) groups excluding carboxylic acids is 1. The Morgan fingerprint density at radius 1 is 1.00 bits per heavy atom. The summed E-state index contributed by atoms with van der Waals surface area (Å²) in [4.78, 5) is 16.8. The highest BCUT2D eigenvalue weighted by Gasteiger charge is 2.42. The van der Waals surface area contributed by atoms with E-state index < -0.39 is 0 Å². The Morgan fingerprint density at radius 3 is 2.62 bits per heavy atom. The lowest BCUT2D eigenvalue weighted by Gasteiger charge is -2.43. The zero-order valence-electron chi connectivity index (χ0n) is 14.4. The highest BCUT2D eigenvalue weighted by molar-refractivity contribution is 6.30. The maximum absolute atomic E-state index is 14.7. The summed E-state index contributed by atoms with van der Waals surface area (Å²) in [5.74, 6) is -0.0452. The summed E-state index contributed by atoms with van der Waals surface area (Å²) in [6.07, 6.45) is 3.22. The van der Waals surface area contributed by atoms with Gasteiger partial charge in [0.1, 0.15) is 5.82 Å². The number of likely N-dealkylation sites (tertiary alicyclic amines) is 1. The monoisotopic (exact) mass is 370 g/mol. The molecule has 0 aliphatic carbocycles. The smallest absolute Gasteiger partial charge is 0.223 e. The summed E-state index contributed by atoms with van der Waals surface area (Å²) in [6.45, 7) is 1.68. The number of nitrogens with zero attached hydrogens (tertiary/aromatic N) is 2. The van der Waals surface area contributed by atoms with Crippen LogP contribution in [-0.4, -0.2) is 23.9 Å². The van der Waals surface area contributed by atoms with E-state index in [1.54, 1.807) is 12.1 Å². The molecular formula is C21H20ClFN2O. The molecule has 3 heterocycles. The molecule has 134 valence electrons. The van der Waals surface area contributed by atoms with Crippen LogP contribution in [0.25, 0.3) is 0 Å². The molecule has 0 aromatic heterocycles. The molecule has 1 saturated heterocycles. The highest BCUT2D eigenvalue weighted by atomic mass is 35.5. The predicted molar refractivity (Wildman–Crippen MR) is 99.9 cm³/mol. The lowest BCUT2D eigenvalue weighted by molar-refractivity contribution is -0.130. The van der Waals surface area contributed by atoms with Crippen LogP contribution in [-0.2, 0) is 11.2 Å². The van der Waals surface area contributed by atoms with E-state index in [4.69, 9.17) is 11.6 Å². The minimum absolute atomic E-state index is 0.0226. The number of halogens is 2. The third-order valence-electron chi connectivity index (χ3n) is 6.05. The standard InChI is InChI=1S/C21H20ClFN2O/c22-14-6-7-15(17(23)11-14)18-12-19(24-9-2-5-20(24)26)16-4-1-3-13-8-10-25(18)21(13)16/h1,3-4,6-7,11,18-19H,2,5,8-10,12H2. The van der Waals surface area contributed by atoms with Gasteiger partial charge in [-0.15, -0.1) is 0 Å². The molecule has 5 heteroatoms. The number of hydrogen-bond donors (Lipinski definition) is 0. The minimum Gasteiger partial charge on any atom is -0.363 e. The fourth-order valence-corrected chi connectivity index (χ4v) is 5.08. The van der Waals surface area contributed by atoms with E-state index in [0.717, 1.165) is 32.4 Å². The van der Waals surface area contributed by atoms with Gasteiger partial charge in [0.2, 0.25) is 5.91 Å². The molecule has 1 amide bonds. The molecule has 3 aliphatic rings. The van der Waals surface area contributed by atoms with Gasteiger partial charge in [0.25, 0.3) is 0 Å². The molecule has 2 atom stereocenters. The number of carbonyl (C=O) groups is 1. The Balaban J connectivity index is 1.64. The molecule has 3 aliphatic heterocycles. The molecule has 2 unspecified atom stereocenters. The van der Waals surface area contributed by atoms with Crippen LogP contribution in [0.3, 0.4) is 0 Å². The van der Waals surface area contributed by atoms with Crippen molar-refractivity contribution in [3.8, 4) is 0 Å². The number of anilines is 1. The predicted octanol–water partition coefficient (Wildman–Crippen LogP) is 4.65. The van der Waals surface area contributed by atoms with E-state index in [9.17, 15) is 9.18 Å². The summed E-state index contributed by atoms with van der Waals surface area (Å²) >= 11 is 5.96. The van der Waals surface area contributed by atoms with E-state index in [0.29, 0.717) is 17.0 Å². The van der Waals surface area contributed by atoms with Crippen molar-refractivity contribution in [2.45, 2.75) is 37.8 Å². The molecule has 26 heavy (non-hydrogen) atoms. The molecule has 2 aromatic carbocycles. The molecule has 0 bridgehead atoms.